The van der Waals surface area contributed by atoms with Gasteiger partial charge in [-0.2, -0.15) is 0 Å². The van der Waals surface area contributed by atoms with Crippen LogP contribution in [0.4, 0.5) is 19.0 Å². The van der Waals surface area contributed by atoms with Crippen LogP contribution in [0, 0.1) is 0 Å². The van der Waals surface area contributed by atoms with Gasteiger partial charge < -0.3 is 10.1 Å². The van der Waals surface area contributed by atoms with Crippen LogP contribution < -0.4 is 10.1 Å². The largest absolute Gasteiger partial charge is 0.573 e. The summed E-state index contributed by atoms with van der Waals surface area (Å²) in [4.78, 5) is 4.06. The van der Waals surface area contributed by atoms with E-state index in [0.717, 1.165) is 11.1 Å². The van der Waals surface area contributed by atoms with Gasteiger partial charge in [-0.3, -0.25) is 0 Å². The zero-order chi connectivity index (χ0) is 13.9. The number of anilines is 1. The van der Waals surface area contributed by atoms with Crippen molar-refractivity contribution in [3.05, 3.63) is 42.6 Å². The zero-order valence-electron chi connectivity index (χ0n) is 10.0. The summed E-state index contributed by atoms with van der Waals surface area (Å²) in [6, 6.07) is 9.27. The molecular weight excluding hydrogens is 257 g/mol. The maximum atomic E-state index is 12.0. The molecule has 6 heteroatoms. The van der Waals surface area contributed by atoms with Crippen LogP contribution >= 0.6 is 0 Å². The van der Waals surface area contributed by atoms with Gasteiger partial charge in [-0.15, -0.1) is 13.2 Å². The van der Waals surface area contributed by atoms with Gasteiger partial charge in [0.25, 0.3) is 0 Å². The molecule has 1 heterocycles. The number of pyridine rings is 1. The Labute approximate surface area is 108 Å². The van der Waals surface area contributed by atoms with E-state index in [2.05, 4.69) is 15.0 Å². The number of aromatic nitrogens is 1. The van der Waals surface area contributed by atoms with Crippen LogP contribution in [0.5, 0.6) is 5.75 Å². The lowest BCUT2D eigenvalue weighted by atomic mass is 10.1. The first kappa shape index (κ1) is 13.2. The number of benzene rings is 1. The van der Waals surface area contributed by atoms with Crippen molar-refractivity contribution >= 4 is 5.82 Å². The number of hydrogen-bond acceptors (Lipinski definition) is 3. The molecule has 0 saturated heterocycles. The van der Waals surface area contributed by atoms with Gasteiger partial charge in [0.1, 0.15) is 11.6 Å². The molecule has 1 aromatic heterocycles. The highest BCUT2D eigenvalue weighted by Crippen LogP contribution is 2.27. The Morgan fingerprint density at radius 2 is 1.74 bits per heavy atom. The number of nitrogens with zero attached hydrogens (tertiary/aromatic N) is 1. The maximum Gasteiger partial charge on any atom is 0.573 e. The Hall–Kier alpha value is -2.24. The number of halogens is 3. The third-order valence-electron chi connectivity index (χ3n) is 2.44. The lowest BCUT2D eigenvalue weighted by molar-refractivity contribution is -0.274. The first-order valence-electron chi connectivity index (χ1n) is 5.48. The molecule has 1 N–H and O–H groups in total. The van der Waals surface area contributed by atoms with Gasteiger partial charge in [0, 0.05) is 13.2 Å². The summed E-state index contributed by atoms with van der Waals surface area (Å²) < 4.78 is 39.9. The molecule has 0 aliphatic rings. The SMILES string of the molecule is CNc1cc(-c2ccc(OC(F)(F)F)cc2)ccn1. The highest BCUT2D eigenvalue weighted by atomic mass is 19.4. The molecule has 0 fully saturated rings. The summed E-state index contributed by atoms with van der Waals surface area (Å²) in [5.41, 5.74) is 1.64. The van der Waals surface area contributed by atoms with Crippen LogP contribution in [0.1, 0.15) is 0 Å². The van der Waals surface area contributed by atoms with Gasteiger partial charge in [0.2, 0.25) is 0 Å². The third kappa shape index (κ3) is 3.61. The number of rotatable bonds is 3. The van der Waals surface area contributed by atoms with Crippen LogP contribution in [0.2, 0.25) is 0 Å². The first-order valence-corrected chi connectivity index (χ1v) is 5.48. The van der Waals surface area contributed by atoms with E-state index in [4.69, 9.17) is 0 Å². The number of hydrogen-bond donors (Lipinski definition) is 1. The van der Waals surface area contributed by atoms with Crippen LogP contribution in [-0.4, -0.2) is 18.4 Å². The molecule has 0 saturated carbocycles. The van der Waals surface area contributed by atoms with Gasteiger partial charge in [-0.05, 0) is 35.4 Å². The van der Waals surface area contributed by atoms with Crippen molar-refractivity contribution in [2.45, 2.75) is 6.36 Å². The van der Waals surface area contributed by atoms with E-state index in [1.165, 1.54) is 12.1 Å². The van der Waals surface area contributed by atoms with Crippen LogP contribution in [-0.2, 0) is 0 Å². The van der Waals surface area contributed by atoms with Crippen molar-refractivity contribution < 1.29 is 17.9 Å². The van der Waals surface area contributed by atoms with E-state index in [-0.39, 0.29) is 5.75 Å². The fourth-order valence-corrected chi connectivity index (χ4v) is 1.60. The summed E-state index contributed by atoms with van der Waals surface area (Å²) in [6.07, 6.45) is -3.04. The Morgan fingerprint density at radius 3 is 2.32 bits per heavy atom. The van der Waals surface area contributed by atoms with E-state index in [9.17, 15) is 13.2 Å². The predicted molar refractivity (Wildman–Crippen MR) is 65.9 cm³/mol. The second-order valence-electron chi connectivity index (χ2n) is 3.75. The van der Waals surface area contributed by atoms with E-state index < -0.39 is 6.36 Å². The molecule has 0 aliphatic heterocycles. The second kappa shape index (κ2) is 5.17. The van der Waals surface area contributed by atoms with Crippen molar-refractivity contribution in [3.63, 3.8) is 0 Å². The fourth-order valence-electron chi connectivity index (χ4n) is 1.60. The van der Waals surface area contributed by atoms with Gasteiger partial charge in [-0.1, -0.05) is 12.1 Å². The van der Waals surface area contributed by atoms with Crippen LogP contribution in [0.25, 0.3) is 11.1 Å². The molecule has 2 aromatic rings. The average Bonchev–Trinajstić information content (AvgIpc) is 2.38. The van der Waals surface area contributed by atoms with Crippen LogP contribution in [0.15, 0.2) is 42.6 Å². The van der Waals surface area contributed by atoms with Crippen molar-refractivity contribution in [3.8, 4) is 16.9 Å². The molecule has 3 nitrogen and oxygen atoms in total. The van der Waals surface area contributed by atoms with Gasteiger partial charge in [0.05, 0.1) is 0 Å². The summed E-state index contributed by atoms with van der Waals surface area (Å²) in [5.74, 6) is 0.451. The van der Waals surface area contributed by atoms with Crippen molar-refractivity contribution in [1.29, 1.82) is 0 Å². The Balaban J connectivity index is 2.22. The smallest absolute Gasteiger partial charge is 0.406 e. The number of nitrogens with one attached hydrogen (secondary N) is 1. The monoisotopic (exact) mass is 268 g/mol. The number of ether oxygens (including phenoxy) is 1. The topological polar surface area (TPSA) is 34.1 Å². The highest BCUT2D eigenvalue weighted by Gasteiger charge is 2.30. The summed E-state index contributed by atoms with van der Waals surface area (Å²) >= 11 is 0. The Kier molecular flexibility index (Phi) is 3.59. The van der Waals surface area contributed by atoms with Gasteiger partial charge in [0.15, 0.2) is 0 Å². The summed E-state index contributed by atoms with van der Waals surface area (Å²) in [7, 11) is 1.74. The van der Waals surface area contributed by atoms with Crippen molar-refractivity contribution in [1.82, 2.24) is 4.98 Å². The Morgan fingerprint density at radius 1 is 1.05 bits per heavy atom. The van der Waals surface area contributed by atoms with Crippen molar-refractivity contribution in [2.24, 2.45) is 0 Å². The van der Waals surface area contributed by atoms with Gasteiger partial charge >= 0.3 is 6.36 Å². The summed E-state index contributed by atoms with van der Waals surface area (Å²) in [5, 5.41) is 2.89. The minimum absolute atomic E-state index is 0.237. The van der Waals surface area contributed by atoms with E-state index >= 15 is 0 Å². The molecule has 0 atom stereocenters. The van der Waals surface area contributed by atoms with E-state index in [1.807, 2.05) is 0 Å². The third-order valence-corrected chi connectivity index (χ3v) is 2.44. The molecule has 0 bridgehead atoms. The molecule has 100 valence electrons. The average molecular weight is 268 g/mol. The molecule has 1 aromatic carbocycles. The van der Waals surface area contributed by atoms with E-state index in [1.54, 1.807) is 37.5 Å². The van der Waals surface area contributed by atoms with Crippen LogP contribution in [0.3, 0.4) is 0 Å². The van der Waals surface area contributed by atoms with Gasteiger partial charge in [-0.25, -0.2) is 4.98 Å². The second-order valence-corrected chi connectivity index (χ2v) is 3.75. The maximum absolute atomic E-state index is 12.0. The molecule has 0 unspecified atom stereocenters. The lowest BCUT2D eigenvalue weighted by Gasteiger charge is -2.09. The lowest BCUT2D eigenvalue weighted by Crippen LogP contribution is -2.16. The standard InChI is InChI=1S/C13H11F3N2O/c1-17-12-8-10(6-7-18-12)9-2-4-11(5-3-9)19-13(14,15)16/h2-8H,1H3,(H,17,18). The normalized spacial score (nSPS) is 11.2. The quantitative estimate of drug-likeness (QED) is 0.921. The minimum atomic E-state index is -4.67. The zero-order valence-corrected chi connectivity index (χ0v) is 10.0. The molecule has 0 spiro atoms. The fraction of sp³-hybridized carbons (Fsp3) is 0.154. The highest BCUT2D eigenvalue weighted by molar-refractivity contribution is 5.66. The molecule has 0 radical (unpaired) electrons. The summed E-state index contributed by atoms with van der Waals surface area (Å²) in [6.45, 7) is 0. The minimum Gasteiger partial charge on any atom is -0.406 e. The predicted octanol–water partition coefficient (Wildman–Crippen LogP) is 3.69. The molecule has 2 rings (SSSR count). The van der Waals surface area contributed by atoms with Crippen molar-refractivity contribution in [2.75, 3.05) is 12.4 Å². The van der Waals surface area contributed by atoms with E-state index in [0.29, 0.717) is 5.82 Å². The Bertz CT molecular complexity index is 553. The molecular formula is C13H11F3N2O. The first-order chi connectivity index (χ1) is 8.98. The molecule has 0 aliphatic carbocycles. The number of alkyl halides is 3. The molecule has 19 heavy (non-hydrogen) atoms. The molecule has 0 amide bonds.